The molecule has 1 saturated heterocycles. The van der Waals surface area contributed by atoms with Gasteiger partial charge in [0.1, 0.15) is 0 Å². The van der Waals surface area contributed by atoms with Crippen LogP contribution in [-0.2, 0) is 0 Å². The van der Waals surface area contributed by atoms with Gasteiger partial charge in [-0.25, -0.2) is 0 Å². The minimum Gasteiger partial charge on any atom is -0.356 e. The summed E-state index contributed by atoms with van der Waals surface area (Å²) in [4.78, 5) is 0. The van der Waals surface area contributed by atoms with Crippen molar-refractivity contribution in [2.24, 2.45) is 0 Å². The zero-order chi connectivity index (χ0) is 14.1. The topological polar surface area (TPSA) is 38.1 Å². The van der Waals surface area contributed by atoms with E-state index in [0.717, 1.165) is 37.2 Å². The summed E-state index contributed by atoms with van der Waals surface area (Å²) in [6.45, 7) is 2.13. The van der Waals surface area contributed by atoms with Crippen molar-refractivity contribution in [2.75, 3.05) is 13.1 Å². The fraction of sp³-hybridized carbons (Fsp3) is 0.278. The highest BCUT2D eigenvalue weighted by Crippen LogP contribution is 2.33. The Balaban J connectivity index is 1.79. The molecule has 2 heterocycles. The minimum absolute atomic E-state index is 0.513. The van der Waals surface area contributed by atoms with Gasteiger partial charge in [0.05, 0.1) is 5.69 Å². The normalized spacial score (nSPS) is 16.4. The number of hydrogen-bond acceptors (Lipinski definition) is 3. The van der Waals surface area contributed by atoms with Crippen LogP contribution in [0, 0.1) is 0 Å². The van der Waals surface area contributed by atoms with Crippen LogP contribution >= 0.6 is 0 Å². The predicted molar refractivity (Wildman–Crippen MR) is 84.3 cm³/mol. The first-order valence-corrected chi connectivity index (χ1v) is 7.57. The summed E-state index contributed by atoms with van der Waals surface area (Å²) in [7, 11) is 0. The summed E-state index contributed by atoms with van der Waals surface area (Å²) in [5.41, 5.74) is 4.48. The highest BCUT2D eigenvalue weighted by atomic mass is 16.5. The third-order valence-corrected chi connectivity index (χ3v) is 4.33. The van der Waals surface area contributed by atoms with E-state index in [-0.39, 0.29) is 0 Å². The molecule has 0 amide bonds. The van der Waals surface area contributed by atoms with Gasteiger partial charge in [-0.05, 0) is 49.2 Å². The van der Waals surface area contributed by atoms with E-state index < -0.39 is 0 Å². The molecular formula is C18H18N2O. The SMILES string of the molecule is c1ccc(-c2ccc3onc(C4CCNCC4)c3c2)cc1. The number of aromatic nitrogens is 1. The second-order valence-corrected chi connectivity index (χ2v) is 5.67. The molecule has 1 aromatic heterocycles. The molecule has 1 fully saturated rings. The molecule has 3 nitrogen and oxygen atoms in total. The van der Waals surface area contributed by atoms with E-state index in [9.17, 15) is 0 Å². The molecule has 4 rings (SSSR count). The van der Waals surface area contributed by atoms with Crippen LogP contribution in [0.2, 0.25) is 0 Å². The van der Waals surface area contributed by atoms with Gasteiger partial charge >= 0.3 is 0 Å². The van der Waals surface area contributed by atoms with E-state index in [1.54, 1.807) is 0 Å². The average Bonchev–Trinajstić information content (AvgIpc) is 2.99. The van der Waals surface area contributed by atoms with E-state index in [1.807, 2.05) is 12.1 Å². The second kappa shape index (κ2) is 5.34. The summed E-state index contributed by atoms with van der Waals surface area (Å²) in [6, 6.07) is 16.8. The number of fused-ring (bicyclic) bond motifs is 1. The average molecular weight is 278 g/mol. The maximum absolute atomic E-state index is 5.52. The zero-order valence-corrected chi connectivity index (χ0v) is 11.9. The quantitative estimate of drug-likeness (QED) is 0.771. The van der Waals surface area contributed by atoms with Crippen molar-refractivity contribution in [1.82, 2.24) is 10.5 Å². The number of benzene rings is 2. The molecule has 3 heteroatoms. The minimum atomic E-state index is 0.513. The summed E-state index contributed by atoms with van der Waals surface area (Å²) in [6.07, 6.45) is 2.27. The van der Waals surface area contributed by atoms with E-state index in [4.69, 9.17) is 4.52 Å². The summed E-state index contributed by atoms with van der Waals surface area (Å²) < 4.78 is 5.52. The van der Waals surface area contributed by atoms with Crippen molar-refractivity contribution < 1.29 is 4.52 Å². The monoisotopic (exact) mass is 278 g/mol. The predicted octanol–water partition coefficient (Wildman–Crippen LogP) is 3.96. The van der Waals surface area contributed by atoms with Crippen LogP contribution in [0.25, 0.3) is 22.1 Å². The second-order valence-electron chi connectivity index (χ2n) is 5.67. The van der Waals surface area contributed by atoms with Crippen molar-refractivity contribution in [1.29, 1.82) is 0 Å². The van der Waals surface area contributed by atoms with Gasteiger partial charge in [-0.15, -0.1) is 0 Å². The highest BCUT2D eigenvalue weighted by molar-refractivity contribution is 5.85. The lowest BCUT2D eigenvalue weighted by Crippen LogP contribution is -2.26. The molecule has 106 valence electrons. The van der Waals surface area contributed by atoms with Crippen LogP contribution in [0.15, 0.2) is 53.1 Å². The Kier molecular flexibility index (Phi) is 3.20. The van der Waals surface area contributed by atoms with Crippen molar-refractivity contribution in [3.8, 4) is 11.1 Å². The molecule has 1 aliphatic rings. The molecule has 1 N–H and O–H groups in total. The van der Waals surface area contributed by atoms with Gasteiger partial charge in [-0.3, -0.25) is 0 Å². The van der Waals surface area contributed by atoms with Gasteiger partial charge < -0.3 is 9.84 Å². The first-order valence-electron chi connectivity index (χ1n) is 7.57. The van der Waals surface area contributed by atoms with E-state index in [1.165, 1.54) is 16.5 Å². The number of rotatable bonds is 2. The van der Waals surface area contributed by atoms with Gasteiger partial charge in [-0.2, -0.15) is 0 Å². The number of hydrogen-bond donors (Lipinski definition) is 1. The molecule has 0 radical (unpaired) electrons. The Hall–Kier alpha value is -2.13. The van der Waals surface area contributed by atoms with Crippen LogP contribution in [0.4, 0.5) is 0 Å². The Bertz CT molecular complexity index is 742. The fourth-order valence-electron chi connectivity index (χ4n) is 3.16. The van der Waals surface area contributed by atoms with Crippen molar-refractivity contribution in [3.05, 3.63) is 54.2 Å². The van der Waals surface area contributed by atoms with Crippen LogP contribution in [0.3, 0.4) is 0 Å². The molecular weight excluding hydrogens is 260 g/mol. The number of nitrogens with one attached hydrogen (secondary N) is 1. The zero-order valence-electron chi connectivity index (χ0n) is 11.9. The molecule has 0 saturated carbocycles. The molecule has 1 aliphatic heterocycles. The van der Waals surface area contributed by atoms with Crippen LogP contribution < -0.4 is 5.32 Å². The molecule has 2 aromatic carbocycles. The van der Waals surface area contributed by atoms with E-state index in [0.29, 0.717) is 5.92 Å². The van der Waals surface area contributed by atoms with Crippen molar-refractivity contribution in [3.63, 3.8) is 0 Å². The Morgan fingerprint density at radius 3 is 2.57 bits per heavy atom. The van der Waals surface area contributed by atoms with Crippen molar-refractivity contribution >= 4 is 11.0 Å². The third-order valence-electron chi connectivity index (χ3n) is 4.33. The van der Waals surface area contributed by atoms with Gasteiger partial charge in [0.25, 0.3) is 0 Å². The largest absolute Gasteiger partial charge is 0.356 e. The van der Waals surface area contributed by atoms with E-state index >= 15 is 0 Å². The Morgan fingerprint density at radius 2 is 1.76 bits per heavy atom. The summed E-state index contributed by atoms with van der Waals surface area (Å²) in [5, 5.41) is 8.92. The molecule has 0 spiro atoms. The molecule has 3 aromatic rings. The fourth-order valence-corrected chi connectivity index (χ4v) is 3.16. The molecule has 21 heavy (non-hydrogen) atoms. The number of piperidine rings is 1. The Labute approximate surface area is 124 Å². The third kappa shape index (κ3) is 2.34. The van der Waals surface area contributed by atoms with Crippen LogP contribution in [-0.4, -0.2) is 18.2 Å². The molecule has 0 aliphatic carbocycles. The lowest BCUT2D eigenvalue weighted by Gasteiger charge is -2.20. The highest BCUT2D eigenvalue weighted by Gasteiger charge is 2.21. The molecule has 0 atom stereocenters. The maximum Gasteiger partial charge on any atom is 0.167 e. The number of nitrogens with zero attached hydrogens (tertiary/aromatic N) is 1. The standard InChI is InChI=1S/C18H18N2O/c1-2-4-13(5-3-1)15-6-7-17-16(12-15)18(20-21-17)14-8-10-19-11-9-14/h1-7,12,14,19H,8-11H2. The van der Waals surface area contributed by atoms with Crippen LogP contribution in [0.1, 0.15) is 24.5 Å². The van der Waals surface area contributed by atoms with Gasteiger partial charge in [0.15, 0.2) is 5.58 Å². The first-order chi connectivity index (χ1) is 10.4. The molecule has 0 unspecified atom stereocenters. The lowest BCUT2D eigenvalue weighted by molar-refractivity contribution is 0.404. The smallest absolute Gasteiger partial charge is 0.167 e. The maximum atomic E-state index is 5.52. The van der Waals surface area contributed by atoms with Gasteiger partial charge in [0, 0.05) is 11.3 Å². The Morgan fingerprint density at radius 1 is 0.952 bits per heavy atom. The van der Waals surface area contributed by atoms with Gasteiger partial charge in [0.2, 0.25) is 0 Å². The van der Waals surface area contributed by atoms with Crippen LogP contribution in [0.5, 0.6) is 0 Å². The summed E-state index contributed by atoms with van der Waals surface area (Å²) >= 11 is 0. The van der Waals surface area contributed by atoms with Crippen molar-refractivity contribution in [2.45, 2.75) is 18.8 Å². The summed E-state index contributed by atoms with van der Waals surface area (Å²) in [5.74, 6) is 0.513. The first kappa shape index (κ1) is 12.6. The molecule has 0 bridgehead atoms. The van der Waals surface area contributed by atoms with Gasteiger partial charge in [-0.1, -0.05) is 41.6 Å². The lowest BCUT2D eigenvalue weighted by atomic mass is 9.92. The van der Waals surface area contributed by atoms with E-state index in [2.05, 4.69) is 46.9 Å².